The van der Waals surface area contributed by atoms with Crippen LogP contribution in [0.1, 0.15) is 32.7 Å². The number of amides is 2. The fraction of sp³-hybridized carbons (Fsp3) is 0.176. The van der Waals surface area contributed by atoms with Crippen LogP contribution in [0.4, 0.5) is 0 Å². The molecule has 2 aromatic rings. The highest BCUT2D eigenvalue weighted by atomic mass is 16.6. The molecule has 0 heterocycles. The molecule has 2 amide bonds. The minimum Gasteiger partial charge on any atom is -0.288 e. The minimum absolute atomic E-state index is 0.257. The van der Waals surface area contributed by atoms with Crippen molar-refractivity contribution in [2.45, 2.75) is 12.8 Å². The average Bonchev–Trinajstić information content (AvgIpc) is 2.61. The van der Waals surface area contributed by atoms with Crippen molar-refractivity contribution in [2.24, 2.45) is 0 Å². The summed E-state index contributed by atoms with van der Waals surface area (Å²) < 4.78 is 0. The first kappa shape index (κ1) is 16.7. The Morgan fingerprint density at radius 1 is 0.913 bits per heavy atom. The van der Waals surface area contributed by atoms with E-state index in [1.807, 2.05) is 30.3 Å². The zero-order valence-corrected chi connectivity index (χ0v) is 12.5. The van der Waals surface area contributed by atoms with Gasteiger partial charge in [0.1, 0.15) is 0 Å². The first-order valence-electron chi connectivity index (χ1n) is 7.21. The molecule has 0 saturated carbocycles. The molecule has 6 nitrogen and oxygen atoms in total. The minimum atomic E-state index is -0.630. The maximum absolute atomic E-state index is 11.8. The summed E-state index contributed by atoms with van der Waals surface area (Å²) in [6.07, 6.45) is 1.67. The number of carbonyl (C=O) groups excluding carboxylic acids is 2. The molecule has 0 aromatic heterocycles. The summed E-state index contributed by atoms with van der Waals surface area (Å²) in [6, 6.07) is 15.9. The van der Waals surface area contributed by atoms with Gasteiger partial charge in [-0.25, -0.2) is 11.0 Å². The van der Waals surface area contributed by atoms with Crippen LogP contribution in [-0.2, 0) is 11.3 Å². The maximum Gasteiger partial charge on any atom is 0.274 e. The first-order chi connectivity index (χ1) is 11.2. The van der Waals surface area contributed by atoms with E-state index in [1.165, 1.54) is 35.3 Å². The zero-order valence-electron chi connectivity index (χ0n) is 12.5. The second kappa shape index (κ2) is 8.67. The fourth-order valence-electron chi connectivity index (χ4n) is 2.01. The van der Waals surface area contributed by atoms with Gasteiger partial charge in [-0.05, 0) is 42.7 Å². The number of carbonyl (C=O) groups is 2. The van der Waals surface area contributed by atoms with Crippen molar-refractivity contribution in [1.82, 2.24) is 11.0 Å². The molecule has 3 N–H and O–H groups in total. The van der Waals surface area contributed by atoms with Gasteiger partial charge in [0.15, 0.2) is 0 Å². The molecule has 2 aromatic carbocycles. The Hall–Kier alpha value is -2.70. The second-order valence-electron chi connectivity index (χ2n) is 4.89. The third-order valence-corrected chi connectivity index (χ3v) is 3.23. The molecule has 0 fully saturated rings. The molecule has 23 heavy (non-hydrogen) atoms. The number of rotatable bonds is 7. The van der Waals surface area contributed by atoms with Gasteiger partial charge in [0, 0.05) is 11.1 Å². The predicted molar refractivity (Wildman–Crippen MR) is 83.9 cm³/mol. The van der Waals surface area contributed by atoms with Crippen LogP contribution >= 0.6 is 0 Å². The normalized spacial score (nSPS) is 10.1. The van der Waals surface area contributed by atoms with Gasteiger partial charge in [0.25, 0.3) is 11.8 Å². The molecule has 0 spiro atoms. The topological polar surface area (TPSA) is 87.7 Å². The number of hydrogen-bond acceptors (Lipinski definition) is 4. The molecule has 2 rings (SSSR count). The average molecular weight is 314 g/mol. The van der Waals surface area contributed by atoms with E-state index in [0.29, 0.717) is 12.2 Å². The number of aryl methyl sites for hydroxylation is 1. The Morgan fingerprint density at radius 2 is 1.52 bits per heavy atom. The summed E-state index contributed by atoms with van der Waals surface area (Å²) in [5.41, 5.74) is 5.73. The van der Waals surface area contributed by atoms with E-state index in [2.05, 4.69) is 5.48 Å². The highest BCUT2D eigenvalue weighted by molar-refractivity contribution is 5.97. The Labute approximate surface area is 134 Å². The summed E-state index contributed by atoms with van der Waals surface area (Å²) in [7, 11) is 0. The molecule has 0 aliphatic heterocycles. The highest BCUT2D eigenvalue weighted by Gasteiger charge is 2.08. The van der Waals surface area contributed by atoms with E-state index < -0.39 is 5.91 Å². The van der Waals surface area contributed by atoms with Gasteiger partial charge in [-0.3, -0.25) is 19.6 Å². The summed E-state index contributed by atoms with van der Waals surface area (Å²) in [6.45, 7) is 0.408. The summed E-state index contributed by atoms with van der Waals surface area (Å²) >= 11 is 0. The molecule has 6 heteroatoms. The standard InChI is InChI=1S/C17H18N2O4/c20-16(18-22)14-8-10-15(11-9-14)17(21)19-23-12-4-7-13-5-2-1-3-6-13/h1-3,5-6,8-11,22H,4,7,12H2,(H,18,20)(H,19,21). The summed E-state index contributed by atoms with van der Waals surface area (Å²) in [5, 5.41) is 8.52. The smallest absolute Gasteiger partial charge is 0.274 e. The number of hydroxylamine groups is 2. The van der Waals surface area contributed by atoms with Gasteiger partial charge in [-0.1, -0.05) is 30.3 Å². The predicted octanol–water partition coefficient (Wildman–Crippen LogP) is 2.10. The Balaban J connectivity index is 1.71. The van der Waals surface area contributed by atoms with Crippen molar-refractivity contribution in [2.75, 3.05) is 6.61 Å². The van der Waals surface area contributed by atoms with Crippen LogP contribution in [0.3, 0.4) is 0 Å². The van der Waals surface area contributed by atoms with Crippen LogP contribution in [0.2, 0.25) is 0 Å². The Kier molecular flexibility index (Phi) is 6.28. The van der Waals surface area contributed by atoms with Crippen LogP contribution in [0.15, 0.2) is 54.6 Å². The van der Waals surface area contributed by atoms with E-state index >= 15 is 0 Å². The molecule has 120 valence electrons. The third kappa shape index (κ3) is 5.21. The lowest BCUT2D eigenvalue weighted by Gasteiger charge is -2.06. The lowest BCUT2D eigenvalue weighted by molar-refractivity contribution is 0.0304. The van der Waals surface area contributed by atoms with Crippen molar-refractivity contribution in [3.8, 4) is 0 Å². The lowest BCUT2D eigenvalue weighted by Crippen LogP contribution is -2.24. The highest BCUT2D eigenvalue weighted by Crippen LogP contribution is 2.05. The number of hydrogen-bond donors (Lipinski definition) is 3. The molecular weight excluding hydrogens is 296 g/mol. The van der Waals surface area contributed by atoms with Crippen molar-refractivity contribution in [3.05, 3.63) is 71.3 Å². The van der Waals surface area contributed by atoms with Crippen molar-refractivity contribution < 1.29 is 19.6 Å². The van der Waals surface area contributed by atoms with Crippen molar-refractivity contribution in [3.63, 3.8) is 0 Å². The second-order valence-corrected chi connectivity index (χ2v) is 4.89. The SMILES string of the molecule is O=C(NO)c1ccc(C(=O)NOCCCc2ccccc2)cc1. The molecule has 0 aliphatic carbocycles. The van der Waals surface area contributed by atoms with E-state index in [0.717, 1.165) is 12.8 Å². The van der Waals surface area contributed by atoms with E-state index in [1.54, 1.807) is 0 Å². The maximum atomic E-state index is 11.8. The molecular formula is C17H18N2O4. The third-order valence-electron chi connectivity index (χ3n) is 3.23. The van der Waals surface area contributed by atoms with Gasteiger partial charge in [0.2, 0.25) is 0 Å². The Bertz CT molecular complexity index is 641. The van der Waals surface area contributed by atoms with Gasteiger partial charge in [-0.2, -0.15) is 0 Å². The molecule has 0 aliphatic rings. The van der Waals surface area contributed by atoms with Gasteiger partial charge >= 0.3 is 0 Å². The number of benzene rings is 2. The van der Waals surface area contributed by atoms with E-state index in [4.69, 9.17) is 10.0 Å². The van der Waals surface area contributed by atoms with Gasteiger partial charge in [0.05, 0.1) is 6.61 Å². The lowest BCUT2D eigenvalue weighted by atomic mass is 10.1. The van der Waals surface area contributed by atoms with Crippen LogP contribution in [0, 0.1) is 0 Å². The van der Waals surface area contributed by atoms with Crippen LogP contribution in [-0.4, -0.2) is 23.6 Å². The van der Waals surface area contributed by atoms with Crippen LogP contribution in [0.5, 0.6) is 0 Å². The van der Waals surface area contributed by atoms with E-state index in [-0.39, 0.29) is 11.5 Å². The summed E-state index contributed by atoms with van der Waals surface area (Å²) in [4.78, 5) is 28.2. The molecule has 0 atom stereocenters. The van der Waals surface area contributed by atoms with Gasteiger partial charge in [-0.15, -0.1) is 0 Å². The van der Waals surface area contributed by atoms with Crippen molar-refractivity contribution in [1.29, 1.82) is 0 Å². The Morgan fingerprint density at radius 3 is 2.13 bits per heavy atom. The van der Waals surface area contributed by atoms with Crippen LogP contribution < -0.4 is 11.0 Å². The molecule has 0 bridgehead atoms. The largest absolute Gasteiger partial charge is 0.288 e. The molecule has 0 radical (unpaired) electrons. The fourth-order valence-corrected chi connectivity index (χ4v) is 2.01. The first-order valence-corrected chi connectivity index (χ1v) is 7.21. The van der Waals surface area contributed by atoms with Gasteiger partial charge < -0.3 is 0 Å². The quantitative estimate of drug-likeness (QED) is 0.415. The number of nitrogens with one attached hydrogen (secondary N) is 2. The zero-order chi connectivity index (χ0) is 16.5. The molecule has 0 saturated heterocycles. The van der Waals surface area contributed by atoms with Crippen LogP contribution in [0.25, 0.3) is 0 Å². The monoisotopic (exact) mass is 314 g/mol. The van der Waals surface area contributed by atoms with E-state index in [9.17, 15) is 9.59 Å². The molecule has 0 unspecified atom stereocenters. The summed E-state index contributed by atoms with van der Waals surface area (Å²) in [5.74, 6) is -1.02. The van der Waals surface area contributed by atoms with Crippen molar-refractivity contribution >= 4 is 11.8 Å².